The van der Waals surface area contributed by atoms with Crippen molar-refractivity contribution in [1.29, 1.82) is 0 Å². The number of benzodiazepines with no additional fused rings is 1. The average Bonchev–Trinajstić information content (AvgIpc) is 3.54. The molecule has 0 spiro atoms. The van der Waals surface area contributed by atoms with Gasteiger partial charge in [0.25, 0.3) is 0 Å². The van der Waals surface area contributed by atoms with Gasteiger partial charge in [-0.15, -0.1) is 0 Å². The molecule has 0 atom stereocenters. The third-order valence-corrected chi connectivity index (χ3v) is 5.17. The van der Waals surface area contributed by atoms with Crippen LogP contribution in [0.2, 0.25) is 5.02 Å². The van der Waals surface area contributed by atoms with Crippen LogP contribution in [-0.2, 0) is 14.3 Å². The first-order valence-corrected chi connectivity index (χ1v) is 10.7. The maximum Gasteiger partial charge on any atom is 0.307 e. The zero-order valence-corrected chi connectivity index (χ0v) is 18.2. The third-order valence-electron chi connectivity index (χ3n) is 4.94. The third kappa shape index (κ3) is 5.92. The molecule has 30 heavy (non-hydrogen) atoms. The number of halogens is 1. The number of aliphatic imine (C=N–C) groups is 1. The van der Waals surface area contributed by atoms with Crippen LogP contribution in [0.25, 0.3) is 0 Å². The van der Waals surface area contributed by atoms with E-state index in [0.29, 0.717) is 17.3 Å². The number of hydrogen-bond donors (Lipinski definition) is 0. The normalized spacial score (nSPS) is 15.4. The van der Waals surface area contributed by atoms with Gasteiger partial charge in [-0.1, -0.05) is 61.7 Å². The highest BCUT2D eigenvalue weighted by Gasteiger charge is 2.26. The van der Waals surface area contributed by atoms with E-state index >= 15 is 0 Å². The van der Waals surface area contributed by atoms with E-state index in [0.717, 1.165) is 22.8 Å². The predicted molar refractivity (Wildman–Crippen MR) is 120 cm³/mol. The summed E-state index contributed by atoms with van der Waals surface area (Å²) in [4.78, 5) is 30.5. The second-order valence-corrected chi connectivity index (χ2v) is 7.91. The largest absolute Gasteiger partial charge is 0.466 e. The molecule has 0 aromatic heterocycles. The number of benzene rings is 2. The summed E-state index contributed by atoms with van der Waals surface area (Å²) in [7, 11) is 0. The van der Waals surface area contributed by atoms with E-state index in [-0.39, 0.29) is 31.4 Å². The van der Waals surface area contributed by atoms with Crippen LogP contribution in [0.5, 0.6) is 0 Å². The number of esters is 1. The summed E-state index contributed by atoms with van der Waals surface area (Å²) in [6, 6.07) is 15.0. The number of ether oxygens (including phenoxy) is 1. The van der Waals surface area contributed by atoms with E-state index in [1.807, 2.05) is 30.3 Å². The van der Waals surface area contributed by atoms with Gasteiger partial charge in [-0.2, -0.15) is 0 Å². The number of fused-ring (bicyclic) bond motifs is 1. The Morgan fingerprint density at radius 2 is 1.90 bits per heavy atom. The molecule has 6 heteroatoms. The number of anilines is 1. The molecule has 5 nitrogen and oxygen atoms in total. The summed E-state index contributed by atoms with van der Waals surface area (Å²) in [5, 5.41) is 0.562. The second kappa shape index (κ2) is 10.4. The van der Waals surface area contributed by atoms with E-state index in [2.05, 4.69) is 11.9 Å². The van der Waals surface area contributed by atoms with Crippen molar-refractivity contribution >= 4 is 34.9 Å². The summed E-state index contributed by atoms with van der Waals surface area (Å²) in [6.07, 6.45) is 3.10. The Morgan fingerprint density at radius 3 is 2.53 bits per heavy atom. The Hall–Kier alpha value is -2.66. The summed E-state index contributed by atoms with van der Waals surface area (Å²) in [6.45, 7) is 4.61. The molecule has 0 N–H and O–H groups in total. The van der Waals surface area contributed by atoms with Gasteiger partial charge in [0.05, 0.1) is 24.4 Å². The minimum absolute atomic E-state index is 0.0132. The smallest absolute Gasteiger partial charge is 0.307 e. The average molecular weight is 427 g/mol. The molecule has 2 aromatic carbocycles. The summed E-state index contributed by atoms with van der Waals surface area (Å²) < 4.78 is 4.97. The molecule has 1 amide bonds. The molecule has 0 unspecified atom stereocenters. The fourth-order valence-corrected chi connectivity index (χ4v) is 3.25. The van der Waals surface area contributed by atoms with Crippen LogP contribution >= 0.6 is 11.6 Å². The molecule has 1 heterocycles. The van der Waals surface area contributed by atoms with Gasteiger partial charge in [0.2, 0.25) is 5.91 Å². The maximum atomic E-state index is 12.6. The Labute approximate surface area is 182 Å². The molecular weight excluding hydrogens is 400 g/mol. The van der Waals surface area contributed by atoms with Crippen LogP contribution in [0.15, 0.2) is 53.5 Å². The highest BCUT2D eigenvalue weighted by molar-refractivity contribution is 6.32. The number of nitrogens with zero attached hydrogens (tertiary/aromatic N) is 2. The first kappa shape index (κ1) is 22.0. The molecule has 1 aliphatic heterocycles. The van der Waals surface area contributed by atoms with Gasteiger partial charge in [-0.3, -0.25) is 14.6 Å². The maximum absolute atomic E-state index is 12.6. The quantitative estimate of drug-likeness (QED) is 0.639. The van der Waals surface area contributed by atoms with Crippen molar-refractivity contribution in [3.05, 3.63) is 64.7 Å². The fourth-order valence-electron chi connectivity index (χ4n) is 3.08. The molecule has 158 valence electrons. The van der Waals surface area contributed by atoms with Gasteiger partial charge in [0.1, 0.15) is 6.54 Å². The van der Waals surface area contributed by atoms with Crippen LogP contribution in [0.1, 0.15) is 44.2 Å². The monoisotopic (exact) mass is 426 g/mol. The van der Waals surface area contributed by atoms with Gasteiger partial charge in [0.15, 0.2) is 0 Å². The lowest BCUT2D eigenvalue weighted by atomic mass is 10.00. The van der Waals surface area contributed by atoms with Crippen LogP contribution in [-0.4, -0.2) is 37.3 Å². The lowest BCUT2D eigenvalue weighted by molar-refractivity contribution is -0.142. The van der Waals surface area contributed by atoms with Crippen molar-refractivity contribution in [2.24, 2.45) is 10.9 Å². The van der Waals surface area contributed by atoms with Crippen LogP contribution < -0.4 is 4.90 Å². The molecule has 1 aliphatic carbocycles. The predicted octanol–water partition coefficient (Wildman–Crippen LogP) is 4.89. The Morgan fingerprint density at radius 1 is 1.20 bits per heavy atom. The first-order valence-electron chi connectivity index (χ1n) is 10.4. The fraction of sp³-hybridized carbons (Fsp3) is 0.375. The van der Waals surface area contributed by atoms with Gasteiger partial charge in [0, 0.05) is 22.7 Å². The second-order valence-electron chi connectivity index (χ2n) is 7.48. The topological polar surface area (TPSA) is 59.0 Å². The van der Waals surface area contributed by atoms with E-state index in [4.69, 9.17) is 16.3 Å². The van der Waals surface area contributed by atoms with Crippen molar-refractivity contribution in [3.8, 4) is 0 Å². The van der Waals surface area contributed by atoms with Crippen LogP contribution in [0, 0.1) is 5.92 Å². The molecule has 4 rings (SSSR count). The Kier molecular flexibility index (Phi) is 7.63. The number of carbonyl (C=O) groups is 2. The highest BCUT2D eigenvalue weighted by atomic mass is 35.5. The number of amides is 1. The molecular formula is C24H27ClN2O3. The number of carbonyl (C=O) groups excluding carboxylic acids is 2. The summed E-state index contributed by atoms with van der Waals surface area (Å²) in [5.41, 5.74) is 3.10. The summed E-state index contributed by atoms with van der Waals surface area (Å²) >= 11 is 6.20. The van der Waals surface area contributed by atoms with E-state index < -0.39 is 0 Å². The molecule has 0 radical (unpaired) electrons. The van der Waals surface area contributed by atoms with Gasteiger partial charge in [-0.25, -0.2) is 0 Å². The lowest BCUT2D eigenvalue weighted by Crippen LogP contribution is -2.34. The van der Waals surface area contributed by atoms with E-state index in [1.165, 1.54) is 12.8 Å². The first-order chi connectivity index (χ1) is 14.5. The van der Waals surface area contributed by atoms with Crippen LogP contribution in [0.4, 0.5) is 5.69 Å². The molecule has 1 fully saturated rings. The SMILES string of the molecule is CC1CC1.CCOC(=O)CCN1C(=O)CN=C(c2ccccc2)c2cc(Cl)ccc21. The van der Waals surface area contributed by atoms with Gasteiger partial charge in [-0.05, 0) is 31.0 Å². The zero-order valence-electron chi connectivity index (χ0n) is 17.4. The van der Waals surface area contributed by atoms with Gasteiger partial charge >= 0.3 is 5.97 Å². The van der Waals surface area contributed by atoms with Gasteiger partial charge < -0.3 is 9.64 Å². The minimum atomic E-state index is -0.329. The standard InChI is InChI=1S/C20H19ClN2O3.C4H8/c1-2-26-19(25)10-11-23-17-9-8-15(21)12-16(17)20(22-13-18(23)24)14-6-4-3-5-7-14;1-4-2-3-4/h3-9,12H,2,10-11,13H2,1H3;4H,2-3H2,1H3. The van der Waals surface area contributed by atoms with Crippen molar-refractivity contribution in [2.45, 2.75) is 33.1 Å². The van der Waals surface area contributed by atoms with Crippen molar-refractivity contribution in [2.75, 3.05) is 24.6 Å². The lowest BCUT2D eigenvalue weighted by Gasteiger charge is -2.23. The molecule has 2 aromatic rings. The number of hydrogen-bond acceptors (Lipinski definition) is 4. The van der Waals surface area contributed by atoms with Crippen molar-refractivity contribution < 1.29 is 14.3 Å². The molecule has 1 saturated carbocycles. The Bertz CT molecular complexity index is 923. The highest BCUT2D eigenvalue weighted by Crippen LogP contribution is 2.30. The zero-order chi connectivity index (χ0) is 21.5. The Balaban J connectivity index is 0.000000572. The molecule has 0 saturated heterocycles. The molecule has 2 aliphatic rings. The molecule has 0 bridgehead atoms. The minimum Gasteiger partial charge on any atom is -0.466 e. The van der Waals surface area contributed by atoms with Crippen molar-refractivity contribution in [1.82, 2.24) is 0 Å². The number of rotatable bonds is 5. The van der Waals surface area contributed by atoms with E-state index in [1.54, 1.807) is 30.0 Å². The van der Waals surface area contributed by atoms with Crippen molar-refractivity contribution in [3.63, 3.8) is 0 Å². The van der Waals surface area contributed by atoms with E-state index in [9.17, 15) is 9.59 Å². The summed E-state index contributed by atoms with van der Waals surface area (Å²) in [5.74, 6) is 0.591. The van der Waals surface area contributed by atoms with Crippen LogP contribution in [0.3, 0.4) is 0 Å².